The second-order valence-electron chi connectivity index (χ2n) is 4.01. The van der Waals surface area contributed by atoms with Crippen molar-refractivity contribution < 1.29 is 13.9 Å². The number of hydrogen-bond donors (Lipinski definition) is 1. The van der Waals surface area contributed by atoms with Crippen molar-refractivity contribution in [2.75, 3.05) is 5.33 Å². The van der Waals surface area contributed by atoms with Crippen LogP contribution in [0.25, 0.3) is 21.5 Å². The maximum Gasteiger partial charge on any atom is 0.227 e. The van der Waals surface area contributed by atoms with Crippen LogP contribution in [-0.2, 0) is 0 Å². The van der Waals surface area contributed by atoms with Crippen LogP contribution in [0.1, 0.15) is 11.8 Å². The minimum atomic E-state index is -0.709. The minimum absolute atomic E-state index is 0.249. The molecule has 1 unspecified atom stereocenters. The van der Waals surface area contributed by atoms with Crippen LogP contribution >= 0.6 is 27.3 Å². The summed E-state index contributed by atoms with van der Waals surface area (Å²) in [5, 5.41) is 12.6. The molecule has 0 saturated carbocycles. The highest BCUT2D eigenvalue weighted by molar-refractivity contribution is 9.09. The second-order valence-corrected chi connectivity index (χ2v) is 5.54. The standard InChI is InChI=1S/C13H9BrFNO2S/c14-4-11(17)10-5-18-13(16-10)8-6-19-12-7(8)2-1-3-9(12)15/h1-3,5-6,11,17H,4H2. The van der Waals surface area contributed by atoms with Crippen LogP contribution in [0.2, 0.25) is 0 Å². The molecule has 0 radical (unpaired) electrons. The Morgan fingerprint density at radius 3 is 3.11 bits per heavy atom. The Labute approximate surface area is 120 Å². The van der Waals surface area contributed by atoms with E-state index in [1.807, 2.05) is 11.4 Å². The zero-order valence-electron chi connectivity index (χ0n) is 9.64. The highest BCUT2D eigenvalue weighted by atomic mass is 79.9. The lowest BCUT2D eigenvalue weighted by Gasteiger charge is -1.99. The van der Waals surface area contributed by atoms with Crippen LogP contribution in [0.4, 0.5) is 4.39 Å². The van der Waals surface area contributed by atoms with Gasteiger partial charge in [0, 0.05) is 16.1 Å². The van der Waals surface area contributed by atoms with Gasteiger partial charge in [-0.15, -0.1) is 11.3 Å². The summed E-state index contributed by atoms with van der Waals surface area (Å²) in [5.41, 5.74) is 1.20. The third kappa shape index (κ3) is 2.20. The van der Waals surface area contributed by atoms with Crippen molar-refractivity contribution >= 4 is 37.4 Å². The molecule has 2 aromatic heterocycles. The number of aromatic nitrogens is 1. The Morgan fingerprint density at radius 2 is 2.32 bits per heavy atom. The number of hydrogen-bond acceptors (Lipinski definition) is 4. The Kier molecular flexibility index (Phi) is 3.38. The predicted molar refractivity (Wildman–Crippen MR) is 76.0 cm³/mol. The predicted octanol–water partition coefficient (Wildman–Crippen LogP) is 4.12. The molecule has 0 fully saturated rings. The molecule has 0 amide bonds. The molecular formula is C13H9BrFNO2S. The fourth-order valence-corrected chi connectivity index (χ4v) is 3.11. The number of halogens is 2. The normalized spacial score (nSPS) is 13.0. The molecular weight excluding hydrogens is 333 g/mol. The average molecular weight is 342 g/mol. The third-order valence-electron chi connectivity index (χ3n) is 2.79. The molecule has 0 bridgehead atoms. The maximum absolute atomic E-state index is 13.6. The first-order valence-electron chi connectivity index (χ1n) is 5.56. The van der Waals surface area contributed by atoms with Crippen LogP contribution in [0.5, 0.6) is 0 Å². The van der Waals surface area contributed by atoms with Gasteiger partial charge >= 0.3 is 0 Å². The Bertz CT molecular complexity index is 724. The zero-order chi connectivity index (χ0) is 13.4. The summed E-state index contributed by atoms with van der Waals surface area (Å²) in [7, 11) is 0. The summed E-state index contributed by atoms with van der Waals surface area (Å²) in [6.07, 6.45) is 0.712. The second kappa shape index (κ2) is 5.03. The number of nitrogens with zero attached hydrogens (tertiary/aromatic N) is 1. The first-order valence-corrected chi connectivity index (χ1v) is 7.56. The quantitative estimate of drug-likeness (QED) is 0.728. The van der Waals surface area contributed by atoms with E-state index in [0.717, 1.165) is 10.9 Å². The molecule has 2 heterocycles. The van der Waals surface area contributed by atoms with Crippen LogP contribution in [0, 0.1) is 5.82 Å². The summed E-state index contributed by atoms with van der Waals surface area (Å²) in [6.45, 7) is 0. The van der Waals surface area contributed by atoms with E-state index in [2.05, 4.69) is 20.9 Å². The summed E-state index contributed by atoms with van der Waals surface area (Å²) in [6, 6.07) is 4.91. The van der Waals surface area contributed by atoms with Crippen LogP contribution in [-0.4, -0.2) is 15.4 Å². The topological polar surface area (TPSA) is 46.3 Å². The highest BCUT2D eigenvalue weighted by Gasteiger charge is 2.16. The molecule has 1 N–H and O–H groups in total. The number of alkyl halides is 1. The molecule has 0 spiro atoms. The molecule has 98 valence electrons. The maximum atomic E-state index is 13.6. The average Bonchev–Trinajstić information content (AvgIpc) is 3.04. The van der Waals surface area contributed by atoms with E-state index in [9.17, 15) is 9.50 Å². The number of aliphatic hydroxyl groups excluding tert-OH is 1. The first-order chi connectivity index (χ1) is 9.20. The van der Waals surface area contributed by atoms with Gasteiger partial charge in [0.15, 0.2) is 0 Å². The van der Waals surface area contributed by atoms with Crippen molar-refractivity contribution in [2.45, 2.75) is 6.10 Å². The lowest BCUT2D eigenvalue weighted by molar-refractivity contribution is 0.200. The van der Waals surface area contributed by atoms with Crippen molar-refractivity contribution in [1.29, 1.82) is 0 Å². The summed E-state index contributed by atoms with van der Waals surface area (Å²) in [4.78, 5) is 4.24. The van der Waals surface area contributed by atoms with Crippen LogP contribution < -0.4 is 0 Å². The molecule has 1 aromatic carbocycles. The van der Waals surface area contributed by atoms with Crippen molar-refractivity contribution in [1.82, 2.24) is 4.98 Å². The number of aliphatic hydroxyl groups is 1. The van der Waals surface area contributed by atoms with Gasteiger partial charge in [0.05, 0.1) is 10.3 Å². The van der Waals surface area contributed by atoms with Gasteiger partial charge in [-0.25, -0.2) is 9.37 Å². The molecule has 0 aliphatic rings. The number of rotatable bonds is 3. The Morgan fingerprint density at radius 1 is 1.47 bits per heavy atom. The van der Waals surface area contributed by atoms with E-state index in [1.165, 1.54) is 23.7 Å². The molecule has 19 heavy (non-hydrogen) atoms. The van der Waals surface area contributed by atoms with E-state index in [1.54, 1.807) is 6.07 Å². The van der Waals surface area contributed by atoms with Crippen LogP contribution in [0.15, 0.2) is 34.3 Å². The van der Waals surface area contributed by atoms with Crippen LogP contribution in [0.3, 0.4) is 0 Å². The van der Waals surface area contributed by atoms with E-state index in [4.69, 9.17) is 4.42 Å². The van der Waals surface area contributed by atoms with Gasteiger partial charge in [-0.05, 0) is 6.07 Å². The summed E-state index contributed by atoms with van der Waals surface area (Å²) in [5.74, 6) is 0.146. The fourth-order valence-electron chi connectivity index (χ4n) is 1.83. The van der Waals surface area contributed by atoms with Gasteiger partial charge in [-0.1, -0.05) is 28.1 Å². The smallest absolute Gasteiger partial charge is 0.227 e. The van der Waals surface area contributed by atoms with Gasteiger partial charge < -0.3 is 9.52 Å². The number of thiophene rings is 1. The summed E-state index contributed by atoms with van der Waals surface area (Å²) >= 11 is 4.49. The van der Waals surface area contributed by atoms with Crippen molar-refractivity contribution in [3.8, 4) is 11.5 Å². The summed E-state index contributed by atoms with van der Waals surface area (Å²) < 4.78 is 19.6. The molecule has 3 nitrogen and oxygen atoms in total. The number of benzene rings is 1. The lowest BCUT2D eigenvalue weighted by atomic mass is 10.2. The molecule has 3 rings (SSSR count). The van der Waals surface area contributed by atoms with E-state index < -0.39 is 6.10 Å². The molecule has 0 saturated heterocycles. The molecule has 0 aliphatic heterocycles. The minimum Gasteiger partial charge on any atom is -0.444 e. The van der Waals surface area contributed by atoms with E-state index in [-0.39, 0.29) is 5.82 Å². The lowest BCUT2D eigenvalue weighted by Crippen LogP contribution is -1.97. The van der Waals surface area contributed by atoms with Gasteiger partial charge in [0.25, 0.3) is 0 Å². The van der Waals surface area contributed by atoms with Gasteiger partial charge in [-0.2, -0.15) is 0 Å². The zero-order valence-corrected chi connectivity index (χ0v) is 12.0. The largest absolute Gasteiger partial charge is 0.444 e. The molecule has 1 atom stereocenters. The number of fused-ring (bicyclic) bond motifs is 1. The fraction of sp³-hybridized carbons (Fsp3) is 0.154. The van der Waals surface area contributed by atoms with E-state index >= 15 is 0 Å². The molecule has 0 aliphatic carbocycles. The first kappa shape index (κ1) is 12.8. The Hall–Kier alpha value is -1.24. The third-order valence-corrected chi connectivity index (χ3v) is 4.41. The van der Waals surface area contributed by atoms with Gasteiger partial charge in [-0.3, -0.25) is 0 Å². The van der Waals surface area contributed by atoms with Crippen molar-refractivity contribution in [3.63, 3.8) is 0 Å². The van der Waals surface area contributed by atoms with Crippen molar-refractivity contribution in [3.05, 3.63) is 41.4 Å². The monoisotopic (exact) mass is 341 g/mol. The van der Waals surface area contributed by atoms with Gasteiger partial charge in [0.2, 0.25) is 5.89 Å². The Balaban J connectivity index is 2.09. The SMILES string of the molecule is OC(CBr)c1coc(-c2csc3c(F)cccc23)n1. The molecule has 6 heteroatoms. The van der Waals surface area contributed by atoms with Gasteiger partial charge in [0.1, 0.15) is 23.9 Å². The van der Waals surface area contributed by atoms with Crippen molar-refractivity contribution in [2.24, 2.45) is 0 Å². The number of oxazole rings is 1. The molecule has 3 aromatic rings. The van der Waals surface area contributed by atoms with E-state index in [0.29, 0.717) is 21.6 Å². The highest BCUT2D eigenvalue weighted by Crippen LogP contribution is 2.35.